The summed E-state index contributed by atoms with van der Waals surface area (Å²) in [5.74, 6) is 0.817. The fourth-order valence-electron chi connectivity index (χ4n) is 3.33. The molecule has 23 heavy (non-hydrogen) atoms. The van der Waals surface area contributed by atoms with Crippen LogP contribution >= 0.6 is 11.3 Å². The predicted octanol–water partition coefficient (Wildman–Crippen LogP) is 1.16. The van der Waals surface area contributed by atoms with Crippen LogP contribution in [0, 0.1) is 0 Å². The number of thiophene rings is 1. The maximum absolute atomic E-state index is 4.86. The summed E-state index contributed by atoms with van der Waals surface area (Å²) in [5, 5.41) is 9.06. The van der Waals surface area contributed by atoms with Crippen molar-refractivity contribution < 1.29 is 4.90 Å². The average Bonchev–Trinajstić information content (AvgIpc) is 3.14. The molecule has 3 heterocycles. The van der Waals surface area contributed by atoms with Crippen molar-refractivity contribution in [2.24, 2.45) is 0 Å². The highest BCUT2D eigenvalue weighted by Gasteiger charge is 2.21. The standard InChI is InChI=1S/C16H22N6S/c1-21(2)9-5-8-17-16-20-15-13(14-18-10-19-22(14)16)11-6-3-4-7-12(11)23-15/h10H,3-9H2,1-2H3,(H,17,20)/p+1. The summed E-state index contributed by atoms with van der Waals surface area (Å²) >= 11 is 1.84. The van der Waals surface area contributed by atoms with Crippen LogP contribution in [-0.2, 0) is 12.8 Å². The Morgan fingerprint density at radius 2 is 2.17 bits per heavy atom. The molecule has 0 unspecified atom stereocenters. The van der Waals surface area contributed by atoms with Crippen molar-refractivity contribution in [3.8, 4) is 0 Å². The Kier molecular flexibility index (Phi) is 3.90. The van der Waals surface area contributed by atoms with Crippen molar-refractivity contribution in [3.05, 3.63) is 16.8 Å². The van der Waals surface area contributed by atoms with Crippen molar-refractivity contribution in [3.63, 3.8) is 0 Å². The molecule has 3 aromatic rings. The Morgan fingerprint density at radius 1 is 1.30 bits per heavy atom. The molecule has 0 amide bonds. The molecular formula is C16H23N6S+. The van der Waals surface area contributed by atoms with E-state index in [-0.39, 0.29) is 0 Å². The van der Waals surface area contributed by atoms with Crippen LogP contribution in [0.5, 0.6) is 0 Å². The zero-order valence-corrected chi connectivity index (χ0v) is 14.5. The van der Waals surface area contributed by atoms with E-state index in [4.69, 9.17) is 4.98 Å². The van der Waals surface area contributed by atoms with Crippen LogP contribution in [0.3, 0.4) is 0 Å². The van der Waals surface area contributed by atoms with Crippen LogP contribution in [0.1, 0.15) is 29.7 Å². The molecule has 0 saturated heterocycles. The lowest BCUT2D eigenvalue weighted by Crippen LogP contribution is -3.05. The number of rotatable bonds is 5. The summed E-state index contributed by atoms with van der Waals surface area (Å²) in [6, 6.07) is 0. The van der Waals surface area contributed by atoms with Crippen molar-refractivity contribution >= 4 is 33.1 Å². The number of aryl methyl sites for hydroxylation is 2. The molecule has 122 valence electrons. The highest BCUT2D eigenvalue weighted by Crippen LogP contribution is 2.37. The van der Waals surface area contributed by atoms with Crippen molar-refractivity contribution in [2.45, 2.75) is 32.1 Å². The Balaban J connectivity index is 1.72. The fourth-order valence-corrected chi connectivity index (χ4v) is 4.58. The van der Waals surface area contributed by atoms with Crippen LogP contribution in [0.25, 0.3) is 15.9 Å². The molecule has 1 aliphatic carbocycles. The number of nitrogens with zero attached hydrogens (tertiary/aromatic N) is 4. The number of nitrogens with one attached hydrogen (secondary N) is 2. The smallest absolute Gasteiger partial charge is 0.227 e. The number of fused-ring (bicyclic) bond motifs is 5. The molecule has 7 heteroatoms. The molecule has 0 atom stereocenters. The van der Waals surface area contributed by atoms with E-state index in [1.165, 1.54) is 40.0 Å². The molecule has 3 aromatic heterocycles. The Bertz CT molecular complexity index is 834. The molecule has 0 bridgehead atoms. The van der Waals surface area contributed by atoms with Gasteiger partial charge in [0, 0.05) is 17.8 Å². The minimum atomic E-state index is 0.817. The van der Waals surface area contributed by atoms with Gasteiger partial charge in [-0.15, -0.1) is 11.3 Å². The molecular weight excluding hydrogens is 308 g/mol. The third-order valence-electron chi connectivity index (χ3n) is 4.47. The third-order valence-corrected chi connectivity index (χ3v) is 5.65. The van der Waals surface area contributed by atoms with Gasteiger partial charge < -0.3 is 10.2 Å². The lowest BCUT2D eigenvalue weighted by atomic mass is 9.97. The first kappa shape index (κ1) is 14.8. The fraction of sp³-hybridized carbons (Fsp3) is 0.562. The second-order valence-corrected chi connectivity index (χ2v) is 7.64. The van der Waals surface area contributed by atoms with Gasteiger partial charge in [0.2, 0.25) is 5.95 Å². The lowest BCUT2D eigenvalue weighted by molar-refractivity contribution is -0.858. The zero-order chi connectivity index (χ0) is 15.8. The highest BCUT2D eigenvalue weighted by atomic mass is 32.1. The van der Waals surface area contributed by atoms with E-state index in [0.717, 1.165) is 42.4 Å². The van der Waals surface area contributed by atoms with E-state index in [1.807, 2.05) is 15.9 Å². The predicted molar refractivity (Wildman–Crippen MR) is 93.6 cm³/mol. The van der Waals surface area contributed by atoms with Gasteiger partial charge in [0.05, 0.1) is 26.0 Å². The highest BCUT2D eigenvalue weighted by molar-refractivity contribution is 7.19. The van der Waals surface area contributed by atoms with E-state index >= 15 is 0 Å². The second kappa shape index (κ2) is 6.05. The van der Waals surface area contributed by atoms with Gasteiger partial charge in [0.1, 0.15) is 11.2 Å². The van der Waals surface area contributed by atoms with Crippen LogP contribution in [0.4, 0.5) is 5.95 Å². The topological polar surface area (TPSA) is 59.5 Å². The monoisotopic (exact) mass is 331 g/mol. The van der Waals surface area contributed by atoms with E-state index in [2.05, 4.69) is 29.5 Å². The summed E-state index contributed by atoms with van der Waals surface area (Å²) in [7, 11) is 4.35. The summed E-state index contributed by atoms with van der Waals surface area (Å²) in [6.07, 6.45) is 7.65. The molecule has 6 nitrogen and oxygen atoms in total. The first-order valence-electron chi connectivity index (χ1n) is 8.41. The van der Waals surface area contributed by atoms with E-state index in [1.54, 1.807) is 6.33 Å². The number of aromatic nitrogens is 4. The second-order valence-electron chi connectivity index (χ2n) is 6.56. The summed E-state index contributed by atoms with van der Waals surface area (Å²) in [5.41, 5.74) is 2.42. The molecule has 4 rings (SSSR count). The summed E-state index contributed by atoms with van der Waals surface area (Å²) < 4.78 is 1.87. The molecule has 2 N–H and O–H groups in total. The SMILES string of the molecule is C[NH+](C)CCCNc1nc2sc3c(c2c2ncnn12)CCCC3. The largest absolute Gasteiger partial charge is 0.354 e. The van der Waals surface area contributed by atoms with Crippen molar-refractivity contribution in [2.75, 3.05) is 32.5 Å². The maximum atomic E-state index is 4.86. The number of quaternary nitrogens is 1. The van der Waals surface area contributed by atoms with E-state index in [9.17, 15) is 0 Å². The van der Waals surface area contributed by atoms with Crippen LogP contribution in [0.2, 0.25) is 0 Å². The summed E-state index contributed by atoms with van der Waals surface area (Å²) in [6.45, 7) is 2.05. The van der Waals surface area contributed by atoms with Gasteiger partial charge >= 0.3 is 0 Å². The molecule has 0 aromatic carbocycles. The summed E-state index contributed by atoms with van der Waals surface area (Å²) in [4.78, 5) is 13.4. The van der Waals surface area contributed by atoms with Gasteiger partial charge in [-0.25, -0.2) is 9.97 Å². The molecule has 0 radical (unpaired) electrons. The van der Waals surface area contributed by atoms with Crippen molar-refractivity contribution in [1.82, 2.24) is 19.6 Å². The zero-order valence-electron chi connectivity index (χ0n) is 13.7. The number of anilines is 1. The van der Waals surface area contributed by atoms with Gasteiger partial charge in [-0.05, 0) is 31.2 Å². The van der Waals surface area contributed by atoms with E-state index < -0.39 is 0 Å². The number of hydrogen-bond donors (Lipinski definition) is 2. The maximum Gasteiger partial charge on any atom is 0.227 e. The minimum absolute atomic E-state index is 0.817. The average molecular weight is 331 g/mol. The van der Waals surface area contributed by atoms with Gasteiger partial charge in [-0.1, -0.05) is 0 Å². The van der Waals surface area contributed by atoms with E-state index in [0.29, 0.717) is 0 Å². The lowest BCUT2D eigenvalue weighted by Gasteiger charge is -2.11. The molecule has 1 aliphatic rings. The van der Waals surface area contributed by atoms with Gasteiger partial charge in [0.25, 0.3) is 0 Å². The first-order chi connectivity index (χ1) is 11.2. The molecule has 0 fully saturated rings. The number of hydrogen-bond acceptors (Lipinski definition) is 5. The quantitative estimate of drug-likeness (QED) is 0.689. The molecule has 0 aliphatic heterocycles. The van der Waals surface area contributed by atoms with Crippen LogP contribution < -0.4 is 10.2 Å². The molecule has 0 spiro atoms. The van der Waals surface area contributed by atoms with Gasteiger partial charge in [0.15, 0.2) is 5.65 Å². The minimum Gasteiger partial charge on any atom is -0.354 e. The van der Waals surface area contributed by atoms with Crippen LogP contribution in [0.15, 0.2) is 6.33 Å². The Hall–Kier alpha value is -1.73. The van der Waals surface area contributed by atoms with Crippen LogP contribution in [-0.4, -0.2) is 46.8 Å². The first-order valence-corrected chi connectivity index (χ1v) is 9.22. The normalized spacial score (nSPS) is 14.7. The Morgan fingerprint density at radius 3 is 3.04 bits per heavy atom. The van der Waals surface area contributed by atoms with Crippen molar-refractivity contribution in [1.29, 1.82) is 0 Å². The Labute approximate surface area is 139 Å². The van der Waals surface area contributed by atoms with Gasteiger partial charge in [-0.2, -0.15) is 9.61 Å². The van der Waals surface area contributed by atoms with Gasteiger partial charge in [-0.3, -0.25) is 0 Å². The third kappa shape index (κ3) is 2.68. The molecule has 0 saturated carbocycles.